The molecule has 1 fully saturated rings. The first-order valence-electron chi connectivity index (χ1n) is 5.00. The van der Waals surface area contributed by atoms with E-state index >= 15 is 0 Å². The van der Waals surface area contributed by atoms with E-state index in [9.17, 15) is 9.90 Å². The fourth-order valence-corrected chi connectivity index (χ4v) is 1.86. The topological polar surface area (TPSA) is 46.5 Å². The number of cyclic esters (lactones) is 1. The zero-order valence-corrected chi connectivity index (χ0v) is 8.93. The molecule has 0 aliphatic carbocycles. The van der Waals surface area contributed by atoms with Crippen LogP contribution in [0.4, 0.5) is 0 Å². The summed E-state index contributed by atoms with van der Waals surface area (Å²) in [5.41, 5.74) is 0. The largest absolute Gasteiger partial charge is 0.461 e. The SMILES string of the molecule is C=C[C@H](C)[C@@H]1OC(=O)[C@H](C)C(O)[C@@H]1C. The molecule has 0 spiro atoms. The van der Waals surface area contributed by atoms with Gasteiger partial charge in [0, 0.05) is 11.8 Å². The van der Waals surface area contributed by atoms with Gasteiger partial charge in [0.1, 0.15) is 6.10 Å². The molecule has 0 saturated carbocycles. The summed E-state index contributed by atoms with van der Waals surface area (Å²) in [6.07, 6.45) is 0.895. The average Bonchev–Trinajstić information content (AvgIpc) is 2.19. The van der Waals surface area contributed by atoms with Crippen LogP contribution in [-0.2, 0) is 9.53 Å². The third-order valence-corrected chi connectivity index (χ3v) is 3.08. The van der Waals surface area contributed by atoms with E-state index in [1.807, 2.05) is 13.8 Å². The van der Waals surface area contributed by atoms with Gasteiger partial charge < -0.3 is 9.84 Å². The lowest BCUT2D eigenvalue weighted by molar-refractivity contribution is -0.180. The van der Waals surface area contributed by atoms with Gasteiger partial charge in [-0.1, -0.05) is 19.9 Å². The van der Waals surface area contributed by atoms with Crippen LogP contribution in [0.15, 0.2) is 12.7 Å². The highest BCUT2D eigenvalue weighted by atomic mass is 16.5. The lowest BCUT2D eigenvalue weighted by Gasteiger charge is -2.38. The number of aliphatic hydroxyl groups is 1. The summed E-state index contributed by atoms with van der Waals surface area (Å²) in [5, 5.41) is 9.80. The lowest BCUT2D eigenvalue weighted by atomic mass is 9.81. The summed E-state index contributed by atoms with van der Waals surface area (Å²) in [4.78, 5) is 11.4. The molecule has 1 N–H and O–H groups in total. The second-order valence-electron chi connectivity index (χ2n) is 4.13. The number of hydrogen-bond donors (Lipinski definition) is 1. The van der Waals surface area contributed by atoms with Crippen molar-refractivity contribution in [1.29, 1.82) is 0 Å². The monoisotopic (exact) mass is 198 g/mol. The molecule has 1 saturated heterocycles. The van der Waals surface area contributed by atoms with Gasteiger partial charge >= 0.3 is 5.97 Å². The first-order valence-corrected chi connectivity index (χ1v) is 5.00. The van der Waals surface area contributed by atoms with E-state index in [0.29, 0.717) is 0 Å². The minimum absolute atomic E-state index is 0.0318. The number of hydrogen-bond acceptors (Lipinski definition) is 3. The Kier molecular flexibility index (Phi) is 3.32. The maximum Gasteiger partial charge on any atom is 0.311 e. The molecule has 0 radical (unpaired) electrons. The van der Waals surface area contributed by atoms with Gasteiger partial charge in [0.05, 0.1) is 12.0 Å². The van der Waals surface area contributed by atoms with Crippen LogP contribution in [0, 0.1) is 17.8 Å². The summed E-state index contributed by atoms with van der Waals surface area (Å²) < 4.78 is 5.26. The lowest BCUT2D eigenvalue weighted by Crippen LogP contribution is -2.48. The first kappa shape index (κ1) is 11.2. The Morgan fingerprint density at radius 3 is 2.64 bits per heavy atom. The van der Waals surface area contributed by atoms with Crippen molar-refractivity contribution in [3.63, 3.8) is 0 Å². The highest BCUT2D eigenvalue weighted by Gasteiger charge is 2.41. The van der Waals surface area contributed by atoms with Gasteiger partial charge in [-0.2, -0.15) is 0 Å². The Bertz CT molecular complexity index is 237. The summed E-state index contributed by atoms with van der Waals surface area (Å²) in [6.45, 7) is 9.19. The molecule has 3 nitrogen and oxygen atoms in total. The second kappa shape index (κ2) is 4.13. The maximum absolute atomic E-state index is 11.4. The van der Waals surface area contributed by atoms with E-state index in [1.54, 1.807) is 13.0 Å². The third-order valence-electron chi connectivity index (χ3n) is 3.08. The molecule has 1 aliphatic heterocycles. The average molecular weight is 198 g/mol. The number of aliphatic hydroxyl groups excluding tert-OH is 1. The van der Waals surface area contributed by atoms with Gasteiger partial charge in [-0.3, -0.25) is 4.79 Å². The molecule has 0 aromatic carbocycles. The number of ether oxygens (including phenoxy) is 1. The number of rotatable bonds is 2. The Hall–Kier alpha value is -0.830. The molecule has 1 aliphatic rings. The smallest absolute Gasteiger partial charge is 0.311 e. The Labute approximate surface area is 84.8 Å². The van der Waals surface area contributed by atoms with E-state index in [2.05, 4.69) is 6.58 Å². The van der Waals surface area contributed by atoms with Crippen LogP contribution in [0.3, 0.4) is 0 Å². The van der Waals surface area contributed by atoms with E-state index in [1.165, 1.54) is 0 Å². The minimum atomic E-state index is -0.608. The molecule has 0 bridgehead atoms. The Balaban J connectivity index is 2.80. The normalized spacial score (nSPS) is 40.1. The van der Waals surface area contributed by atoms with Crippen molar-refractivity contribution in [3.8, 4) is 0 Å². The zero-order chi connectivity index (χ0) is 10.9. The highest BCUT2D eigenvalue weighted by molar-refractivity contribution is 5.73. The molecular formula is C11H18O3. The molecule has 0 aromatic heterocycles. The fraction of sp³-hybridized carbons (Fsp3) is 0.727. The molecule has 1 heterocycles. The quantitative estimate of drug-likeness (QED) is 0.538. The van der Waals surface area contributed by atoms with Gasteiger partial charge in [0.25, 0.3) is 0 Å². The van der Waals surface area contributed by atoms with E-state index < -0.39 is 12.0 Å². The van der Waals surface area contributed by atoms with Crippen molar-refractivity contribution in [2.24, 2.45) is 17.8 Å². The summed E-state index contributed by atoms with van der Waals surface area (Å²) in [7, 11) is 0. The molecule has 80 valence electrons. The van der Waals surface area contributed by atoms with Crippen molar-refractivity contribution in [2.45, 2.75) is 33.0 Å². The Morgan fingerprint density at radius 1 is 1.57 bits per heavy atom. The van der Waals surface area contributed by atoms with Crippen LogP contribution >= 0.6 is 0 Å². The molecular weight excluding hydrogens is 180 g/mol. The van der Waals surface area contributed by atoms with Crippen LogP contribution in [0.2, 0.25) is 0 Å². The van der Waals surface area contributed by atoms with Crippen LogP contribution in [0.5, 0.6) is 0 Å². The van der Waals surface area contributed by atoms with E-state index in [-0.39, 0.29) is 23.9 Å². The third kappa shape index (κ3) is 1.82. The summed E-state index contributed by atoms with van der Waals surface area (Å²) in [6, 6.07) is 0. The van der Waals surface area contributed by atoms with Crippen molar-refractivity contribution in [1.82, 2.24) is 0 Å². The minimum Gasteiger partial charge on any atom is -0.461 e. The number of carbonyl (C=O) groups excluding carboxylic acids is 1. The molecule has 1 unspecified atom stereocenters. The van der Waals surface area contributed by atoms with Crippen molar-refractivity contribution >= 4 is 5.97 Å². The van der Waals surface area contributed by atoms with Crippen LogP contribution in [-0.4, -0.2) is 23.3 Å². The summed E-state index contributed by atoms with van der Waals surface area (Å²) in [5.74, 6) is -0.681. The standard InChI is InChI=1S/C11H18O3/c1-5-6(2)10-7(3)9(12)8(4)11(13)14-10/h5-10,12H,1H2,2-4H3/t6-,7-,8+,9?,10-/m0/s1. The molecule has 14 heavy (non-hydrogen) atoms. The van der Waals surface area contributed by atoms with Gasteiger partial charge in [-0.25, -0.2) is 0 Å². The van der Waals surface area contributed by atoms with Gasteiger partial charge in [-0.15, -0.1) is 6.58 Å². The van der Waals surface area contributed by atoms with E-state index in [0.717, 1.165) is 0 Å². The first-order chi connectivity index (χ1) is 6.49. The van der Waals surface area contributed by atoms with Gasteiger partial charge in [0.15, 0.2) is 0 Å². The molecule has 1 rings (SSSR count). The van der Waals surface area contributed by atoms with Crippen LogP contribution in [0.25, 0.3) is 0 Å². The Morgan fingerprint density at radius 2 is 2.14 bits per heavy atom. The van der Waals surface area contributed by atoms with Gasteiger partial charge in [-0.05, 0) is 6.92 Å². The molecule has 3 heteroatoms. The van der Waals surface area contributed by atoms with Crippen LogP contribution in [0.1, 0.15) is 20.8 Å². The van der Waals surface area contributed by atoms with Crippen molar-refractivity contribution < 1.29 is 14.6 Å². The number of carbonyl (C=O) groups is 1. The predicted octanol–water partition coefficient (Wildman–Crippen LogP) is 1.37. The van der Waals surface area contributed by atoms with E-state index in [4.69, 9.17) is 4.74 Å². The van der Waals surface area contributed by atoms with Crippen molar-refractivity contribution in [2.75, 3.05) is 0 Å². The fourth-order valence-electron chi connectivity index (χ4n) is 1.86. The predicted molar refractivity (Wildman–Crippen MR) is 53.6 cm³/mol. The number of esters is 1. The molecule has 0 aromatic rings. The second-order valence-corrected chi connectivity index (χ2v) is 4.13. The van der Waals surface area contributed by atoms with Crippen LogP contribution < -0.4 is 0 Å². The zero-order valence-electron chi connectivity index (χ0n) is 8.93. The molecule has 5 atom stereocenters. The maximum atomic E-state index is 11.4. The van der Waals surface area contributed by atoms with Gasteiger partial charge in [0.2, 0.25) is 0 Å². The van der Waals surface area contributed by atoms with Crippen molar-refractivity contribution in [3.05, 3.63) is 12.7 Å². The highest BCUT2D eigenvalue weighted by Crippen LogP contribution is 2.30. The molecule has 0 amide bonds. The summed E-state index contributed by atoms with van der Waals surface area (Å²) >= 11 is 0.